The average molecular weight is 430 g/mol. The molecule has 0 spiro atoms. The lowest BCUT2D eigenvalue weighted by atomic mass is 10.1. The zero-order chi connectivity index (χ0) is 21.1. The van der Waals surface area contributed by atoms with Gasteiger partial charge in [0.25, 0.3) is 5.56 Å². The molecule has 7 heteroatoms. The summed E-state index contributed by atoms with van der Waals surface area (Å²) in [4.78, 5) is 30.1. The summed E-state index contributed by atoms with van der Waals surface area (Å²) in [6, 6.07) is 11.0. The number of carbonyl (C=O) groups excluding carboxylic acids is 1. The molecule has 0 radical (unpaired) electrons. The van der Waals surface area contributed by atoms with E-state index in [9.17, 15) is 9.59 Å². The van der Waals surface area contributed by atoms with E-state index < -0.39 is 0 Å². The summed E-state index contributed by atoms with van der Waals surface area (Å²) in [5.41, 5.74) is 3.40. The second-order valence-corrected chi connectivity index (χ2v) is 8.90. The van der Waals surface area contributed by atoms with Gasteiger partial charge in [0.05, 0.1) is 16.7 Å². The number of fused-ring (bicyclic) bond motifs is 1. The van der Waals surface area contributed by atoms with Gasteiger partial charge in [0.1, 0.15) is 0 Å². The molecular formula is C22H24ClN3O2S. The number of amides is 1. The molecule has 3 aromatic rings. The van der Waals surface area contributed by atoms with E-state index in [4.69, 9.17) is 11.6 Å². The van der Waals surface area contributed by atoms with Crippen LogP contribution in [0.15, 0.2) is 46.3 Å². The standard InChI is InChI=1S/C22H24ClN3O2S/c1-13(2)11-26-21(28)17-10-16(23)6-8-19(17)25-22(26)29-12-20(27)24-18-7-5-14(3)9-15(18)4/h5-10,13H,11-12H2,1-4H3,(H,24,27). The highest BCUT2D eigenvalue weighted by atomic mass is 35.5. The minimum atomic E-state index is -0.136. The monoisotopic (exact) mass is 429 g/mol. The highest BCUT2D eigenvalue weighted by Crippen LogP contribution is 2.22. The van der Waals surface area contributed by atoms with Crippen molar-refractivity contribution in [3.05, 3.63) is 62.9 Å². The zero-order valence-electron chi connectivity index (χ0n) is 17.0. The molecule has 5 nitrogen and oxygen atoms in total. The highest BCUT2D eigenvalue weighted by Gasteiger charge is 2.15. The highest BCUT2D eigenvalue weighted by molar-refractivity contribution is 7.99. The Hall–Kier alpha value is -2.31. The Kier molecular flexibility index (Phi) is 6.65. The first-order chi connectivity index (χ1) is 13.7. The molecule has 0 bridgehead atoms. The summed E-state index contributed by atoms with van der Waals surface area (Å²) in [7, 11) is 0. The van der Waals surface area contributed by atoms with E-state index >= 15 is 0 Å². The van der Waals surface area contributed by atoms with Crippen LogP contribution in [0, 0.1) is 19.8 Å². The minimum Gasteiger partial charge on any atom is -0.325 e. The second-order valence-electron chi connectivity index (χ2n) is 7.52. The SMILES string of the molecule is Cc1ccc(NC(=O)CSc2nc3ccc(Cl)cc3c(=O)n2CC(C)C)c(C)c1. The minimum absolute atomic E-state index is 0.136. The Morgan fingerprint density at radius 2 is 1.97 bits per heavy atom. The summed E-state index contributed by atoms with van der Waals surface area (Å²) in [6.07, 6.45) is 0. The molecule has 0 saturated carbocycles. The summed E-state index contributed by atoms with van der Waals surface area (Å²) in [5, 5.41) is 4.46. The van der Waals surface area contributed by atoms with E-state index in [-0.39, 0.29) is 23.1 Å². The van der Waals surface area contributed by atoms with Crippen molar-refractivity contribution in [2.45, 2.75) is 39.4 Å². The van der Waals surface area contributed by atoms with Crippen LogP contribution in [0.4, 0.5) is 5.69 Å². The third-order valence-corrected chi connectivity index (χ3v) is 5.63. The summed E-state index contributed by atoms with van der Waals surface area (Å²) >= 11 is 7.32. The molecule has 1 heterocycles. The lowest BCUT2D eigenvalue weighted by molar-refractivity contribution is -0.113. The first kappa shape index (κ1) is 21.4. The molecule has 0 aliphatic heterocycles. The fraction of sp³-hybridized carbons (Fsp3) is 0.318. The molecule has 0 unspecified atom stereocenters. The van der Waals surface area contributed by atoms with Crippen molar-refractivity contribution in [1.29, 1.82) is 0 Å². The molecular weight excluding hydrogens is 406 g/mol. The van der Waals surface area contributed by atoms with E-state index in [0.717, 1.165) is 16.8 Å². The number of nitrogens with zero attached hydrogens (tertiary/aromatic N) is 2. The van der Waals surface area contributed by atoms with Crippen molar-refractivity contribution in [2.24, 2.45) is 5.92 Å². The normalized spacial score (nSPS) is 11.2. The van der Waals surface area contributed by atoms with Gasteiger partial charge in [0.2, 0.25) is 5.91 Å². The Labute approximate surface area is 179 Å². The number of carbonyl (C=O) groups is 1. The van der Waals surface area contributed by atoms with Gasteiger partial charge in [0.15, 0.2) is 5.16 Å². The first-order valence-corrected chi connectivity index (χ1v) is 10.8. The van der Waals surface area contributed by atoms with E-state index in [0.29, 0.717) is 27.6 Å². The van der Waals surface area contributed by atoms with E-state index in [1.54, 1.807) is 22.8 Å². The predicted molar refractivity (Wildman–Crippen MR) is 121 cm³/mol. The van der Waals surface area contributed by atoms with Crippen LogP contribution in [0.1, 0.15) is 25.0 Å². The van der Waals surface area contributed by atoms with E-state index in [1.165, 1.54) is 11.8 Å². The molecule has 29 heavy (non-hydrogen) atoms. The number of aryl methyl sites for hydroxylation is 2. The number of benzene rings is 2. The van der Waals surface area contributed by atoms with Crippen LogP contribution in [-0.2, 0) is 11.3 Å². The number of hydrogen-bond acceptors (Lipinski definition) is 4. The van der Waals surface area contributed by atoms with Gasteiger partial charge >= 0.3 is 0 Å². The third-order valence-electron chi connectivity index (χ3n) is 4.42. The van der Waals surface area contributed by atoms with Crippen LogP contribution in [-0.4, -0.2) is 21.2 Å². The van der Waals surface area contributed by atoms with Crippen LogP contribution >= 0.6 is 23.4 Å². The number of anilines is 1. The molecule has 0 atom stereocenters. The molecule has 0 aliphatic carbocycles. The molecule has 1 N–H and O–H groups in total. The van der Waals surface area contributed by atoms with Crippen LogP contribution in [0.2, 0.25) is 5.02 Å². The summed E-state index contributed by atoms with van der Waals surface area (Å²) < 4.78 is 1.64. The van der Waals surface area contributed by atoms with Crippen molar-refractivity contribution in [3.63, 3.8) is 0 Å². The average Bonchev–Trinajstić information content (AvgIpc) is 2.65. The second kappa shape index (κ2) is 9.01. The molecule has 152 valence electrons. The summed E-state index contributed by atoms with van der Waals surface area (Å²) in [5.74, 6) is 0.287. The Morgan fingerprint density at radius 3 is 2.66 bits per heavy atom. The largest absolute Gasteiger partial charge is 0.325 e. The molecule has 2 aromatic carbocycles. The van der Waals surface area contributed by atoms with Gasteiger partial charge in [-0.3, -0.25) is 14.2 Å². The van der Waals surface area contributed by atoms with Gasteiger partial charge in [-0.2, -0.15) is 0 Å². The maximum atomic E-state index is 13.0. The van der Waals surface area contributed by atoms with Crippen molar-refractivity contribution >= 4 is 45.9 Å². The number of nitrogens with one attached hydrogen (secondary N) is 1. The smallest absolute Gasteiger partial charge is 0.262 e. The molecule has 3 rings (SSSR count). The van der Waals surface area contributed by atoms with Crippen molar-refractivity contribution in [2.75, 3.05) is 11.1 Å². The lowest BCUT2D eigenvalue weighted by Gasteiger charge is -2.15. The Balaban J connectivity index is 1.85. The molecule has 1 aromatic heterocycles. The van der Waals surface area contributed by atoms with Crippen LogP contribution in [0.5, 0.6) is 0 Å². The number of aromatic nitrogens is 2. The molecule has 0 fully saturated rings. The fourth-order valence-corrected chi connectivity index (χ4v) is 4.06. The quantitative estimate of drug-likeness (QED) is 0.439. The number of hydrogen-bond donors (Lipinski definition) is 1. The van der Waals surface area contributed by atoms with E-state index in [1.807, 2.05) is 45.9 Å². The maximum Gasteiger partial charge on any atom is 0.262 e. The zero-order valence-corrected chi connectivity index (χ0v) is 18.5. The lowest BCUT2D eigenvalue weighted by Crippen LogP contribution is -2.26. The van der Waals surface area contributed by atoms with Crippen LogP contribution < -0.4 is 10.9 Å². The van der Waals surface area contributed by atoms with Crippen molar-refractivity contribution in [3.8, 4) is 0 Å². The maximum absolute atomic E-state index is 13.0. The molecule has 0 saturated heterocycles. The Bertz CT molecular complexity index is 1120. The fourth-order valence-electron chi connectivity index (χ4n) is 3.08. The van der Waals surface area contributed by atoms with Gasteiger partial charge in [-0.25, -0.2) is 4.98 Å². The van der Waals surface area contributed by atoms with Crippen LogP contribution in [0.3, 0.4) is 0 Å². The van der Waals surface area contributed by atoms with E-state index in [2.05, 4.69) is 10.3 Å². The first-order valence-electron chi connectivity index (χ1n) is 9.44. The van der Waals surface area contributed by atoms with Gasteiger partial charge in [-0.15, -0.1) is 0 Å². The van der Waals surface area contributed by atoms with Crippen molar-refractivity contribution < 1.29 is 4.79 Å². The topological polar surface area (TPSA) is 64.0 Å². The van der Waals surface area contributed by atoms with Gasteiger partial charge in [-0.05, 0) is 49.6 Å². The number of halogens is 1. The summed E-state index contributed by atoms with van der Waals surface area (Å²) in [6.45, 7) is 8.58. The van der Waals surface area contributed by atoms with Gasteiger partial charge in [0, 0.05) is 17.3 Å². The Morgan fingerprint density at radius 1 is 1.21 bits per heavy atom. The molecule has 0 aliphatic rings. The number of thioether (sulfide) groups is 1. The number of rotatable bonds is 6. The van der Waals surface area contributed by atoms with Gasteiger partial charge < -0.3 is 5.32 Å². The molecule has 1 amide bonds. The predicted octanol–water partition coefficient (Wildman–Crippen LogP) is 5.05. The van der Waals surface area contributed by atoms with Crippen molar-refractivity contribution in [1.82, 2.24) is 9.55 Å². The third kappa shape index (κ3) is 5.19. The van der Waals surface area contributed by atoms with Gasteiger partial charge in [-0.1, -0.05) is 54.9 Å². The van der Waals surface area contributed by atoms with Crippen LogP contribution in [0.25, 0.3) is 10.9 Å².